The third-order valence-corrected chi connectivity index (χ3v) is 3.24. The maximum Gasteiger partial charge on any atom is 0.0691 e. The van der Waals surface area contributed by atoms with Gasteiger partial charge >= 0.3 is 0 Å². The standard InChI is InChI=1S/C10H22N2O/c1-3-12-9-4-6-10(11,7-5-9)8(2)13/h8-9,12-13H,3-7,11H2,1-2H3/t8?,9-,10-. The maximum absolute atomic E-state index is 9.51. The van der Waals surface area contributed by atoms with E-state index in [1.54, 1.807) is 6.92 Å². The summed E-state index contributed by atoms with van der Waals surface area (Å²) in [4.78, 5) is 0. The summed E-state index contributed by atoms with van der Waals surface area (Å²) in [6, 6.07) is 0.612. The van der Waals surface area contributed by atoms with Crippen LogP contribution in [-0.4, -0.2) is 29.3 Å². The van der Waals surface area contributed by atoms with Crippen molar-refractivity contribution in [3.8, 4) is 0 Å². The SMILES string of the molecule is CCN[C@H]1CC[C@@](N)(C(C)O)CC1. The molecule has 0 aromatic carbocycles. The van der Waals surface area contributed by atoms with E-state index in [1.807, 2.05) is 0 Å². The Morgan fingerprint density at radius 3 is 2.46 bits per heavy atom. The monoisotopic (exact) mass is 186 g/mol. The van der Waals surface area contributed by atoms with Gasteiger partial charge in [0.25, 0.3) is 0 Å². The maximum atomic E-state index is 9.51. The number of nitrogens with one attached hydrogen (secondary N) is 1. The minimum atomic E-state index is -0.380. The molecule has 1 atom stereocenters. The van der Waals surface area contributed by atoms with Crippen molar-refractivity contribution in [2.75, 3.05) is 6.54 Å². The number of aliphatic hydroxyl groups excluding tert-OH is 1. The molecule has 0 spiro atoms. The molecule has 0 saturated heterocycles. The number of aliphatic hydroxyl groups is 1. The van der Waals surface area contributed by atoms with Crippen LogP contribution in [0.3, 0.4) is 0 Å². The lowest BCUT2D eigenvalue weighted by atomic mass is 9.77. The van der Waals surface area contributed by atoms with Crippen molar-refractivity contribution in [1.29, 1.82) is 0 Å². The molecule has 78 valence electrons. The third-order valence-electron chi connectivity index (χ3n) is 3.24. The molecular formula is C10H22N2O. The highest BCUT2D eigenvalue weighted by atomic mass is 16.3. The highest BCUT2D eigenvalue weighted by Gasteiger charge is 2.35. The summed E-state index contributed by atoms with van der Waals surface area (Å²) in [6.07, 6.45) is 3.67. The van der Waals surface area contributed by atoms with Crippen molar-refractivity contribution < 1.29 is 5.11 Å². The molecule has 3 heteroatoms. The van der Waals surface area contributed by atoms with E-state index in [0.717, 1.165) is 32.2 Å². The van der Waals surface area contributed by atoms with Crippen LogP contribution >= 0.6 is 0 Å². The van der Waals surface area contributed by atoms with Crippen LogP contribution < -0.4 is 11.1 Å². The highest BCUT2D eigenvalue weighted by Crippen LogP contribution is 2.28. The van der Waals surface area contributed by atoms with Crippen molar-refractivity contribution in [1.82, 2.24) is 5.32 Å². The summed E-state index contributed by atoms with van der Waals surface area (Å²) < 4.78 is 0. The molecule has 1 aliphatic rings. The van der Waals surface area contributed by atoms with Gasteiger partial charge in [0, 0.05) is 11.6 Å². The van der Waals surface area contributed by atoms with Crippen LogP contribution in [0.25, 0.3) is 0 Å². The summed E-state index contributed by atoms with van der Waals surface area (Å²) in [7, 11) is 0. The quantitative estimate of drug-likeness (QED) is 0.605. The van der Waals surface area contributed by atoms with Gasteiger partial charge in [0.2, 0.25) is 0 Å². The van der Waals surface area contributed by atoms with Crippen molar-refractivity contribution in [3.05, 3.63) is 0 Å². The van der Waals surface area contributed by atoms with Crippen LogP contribution in [0.2, 0.25) is 0 Å². The van der Waals surface area contributed by atoms with Crippen LogP contribution in [0.5, 0.6) is 0 Å². The second-order valence-corrected chi connectivity index (χ2v) is 4.24. The molecule has 0 bridgehead atoms. The van der Waals surface area contributed by atoms with Gasteiger partial charge in [0.1, 0.15) is 0 Å². The molecule has 0 heterocycles. The van der Waals surface area contributed by atoms with E-state index in [-0.39, 0.29) is 11.6 Å². The zero-order valence-electron chi connectivity index (χ0n) is 8.71. The summed E-state index contributed by atoms with van der Waals surface area (Å²) in [6.45, 7) is 4.95. The number of hydrogen-bond donors (Lipinski definition) is 3. The molecule has 1 saturated carbocycles. The average Bonchev–Trinajstić information content (AvgIpc) is 2.09. The van der Waals surface area contributed by atoms with Gasteiger partial charge in [-0.25, -0.2) is 0 Å². The molecule has 0 radical (unpaired) electrons. The topological polar surface area (TPSA) is 58.3 Å². The first-order valence-corrected chi connectivity index (χ1v) is 5.29. The fraction of sp³-hybridized carbons (Fsp3) is 1.00. The van der Waals surface area contributed by atoms with Gasteiger partial charge in [0.05, 0.1) is 6.10 Å². The van der Waals surface area contributed by atoms with Crippen molar-refractivity contribution >= 4 is 0 Å². The zero-order valence-corrected chi connectivity index (χ0v) is 8.71. The molecule has 0 aromatic rings. The van der Waals surface area contributed by atoms with Gasteiger partial charge in [-0.15, -0.1) is 0 Å². The fourth-order valence-corrected chi connectivity index (χ4v) is 2.07. The van der Waals surface area contributed by atoms with E-state index in [2.05, 4.69) is 12.2 Å². The molecule has 0 amide bonds. The van der Waals surface area contributed by atoms with Crippen LogP contribution in [0.4, 0.5) is 0 Å². The second kappa shape index (κ2) is 4.40. The van der Waals surface area contributed by atoms with Crippen LogP contribution in [0.15, 0.2) is 0 Å². The molecule has 1 fully saturated rings. The summed E-state index contributed by atoms with van der Waals surface area (Å²) in [5.41, 5.74) is 5.75. The summed E-state index contributed by atoms with van der Waals surface area (Å²) >= 11 is 0. The number of rotatable bonds is 3. The smallest absolute Gasteiger partial charge is 0.0691 e. The lowest BCUT2D eigenvalue weighted by molar-refractivity contribution is 0.0673. The summed E-state index contributed by atoms with van der Waals surface area (Å²) in [5, 5.41) is 12.9. The minimum Gasteiger partial charge on any atom is -0.392 e. The van der Waals surface area contributed by atoms with Gasteiger partial charge in [-0.1, -0.05) is 6.92 Å². The Labute approximate surface area is 80.7 Å². The molecule has 1 aliphatic carbocycles. The molecule has 1 rings (SSSR count). The van der Waals surface area contributed by atoms with E-state index in [9.17, 15) is 5.11 Å². The lowest BCUT2D eigenvalue weighted by Crippen LogP contribution is -2.54. The lowest BCUT2D eigenvalue weighted by Gasteiger charge is -2.39. The van der Waals surface area contributed by atoms with Crippen molar-refractivity contribution in [2.45, 2.75) is 57.2 Å². The van der Waals surface area contributed by atoms with Crippen molar-refractivity contribution in [3.63, 3.8) is 0 Å². The molecule has 0 aromatic heterocycles. The fourth-order valence-electron chi connectivity index (χ4n) is 2.07. The van der Waals surface area contributed by atoms with Gasteiger partial charge in [-0.2, -0.15) is 0 Å². The van der Waals surface area contributed by atoms with Gasteiger partial charge in [-0.05, 0) is 39.2 Å². The van der Waals surface area contributed by atoms with Crippen LogP contribution in [0, 0.1) is 0 Å². The Morgan fingerprint density at radius 2 is 2.08 bits per heavy atom. The third kappa shape index (κ3) is 2.66. The molecule has 0 aliphatic heterocycles. The predicted octanol–water partition coefficient (Wildman–Crippen LogP) is 0.617. The zero-order chi connectivity index (χ0) is 9.90. The first-order valence-electron chi connectivity index (χ1n) is 5.29. The number of nitrogens with two attached hydrogens (primary N) is 1. The van der Waals surface area contributed by atoms with E-state index < -0.39 is 0 Å². The molecule has 1 unspecified atom stereocenters. The van der Waals surface area contributed by atoms with Gasteiger partial charge < -0.3 is 16.2 Å². The average molecular weight is 186 g/mol. The molecular weight excluding hydrogens is 164 g/mol. The van der Waals surface area contributed by atoms with Crippen LogP contribution in [-0.2, 0) is 0 Å². The van der Waals surface area contributed by atoms with E-state index in [0.29, 0.717) is 6.04 Å². The Morgan fingerprint density at radius 1 is 1.54 bits per heavy atom. The minimum absolute atomic E-state index is 0.327. The van der Waals surface area contributed by atoms with Gasteiger partial charge in [0.15, 0.2) is 0 Å². The Kier molecular flexibility index (Phi) is 3.71. The first-order chi connectivity index (χ1) is 6.08. The van der Waals surface area contributed by atoms with E-state index in [4.69, 9.17) is 5.73 Å². The molecule has 4 N–H and O–H groups in total. The van der Waals surface area contributed by atoms with Crippen LogP contribution in [0.1, 0.15) is 39.5 Å². The Balaban J connectivity index is 2.37. The van der Waals surface area contributed by atoms with Gasteiger partial charge in [-0.3, -0.25) is 0 Å². The second-order valence-electron chi connectivity index (χ2n) is 4.24. The Hall–Kier alpha value is -0.120. The largest absolute Gasteiger partial charge is 0.392 e. The molecule has 13 heavy (non-hydrogen) atoms. The van der Waals surface area contributed by atoms with Crippen molar-refractivity contribution in [2.24, 2.45) is 5.73 Å². The first kappa shape index (κ1) is 11.0. The van der Waals surface area contributed by atoms with E-state index >= 15 is 0 Å². The highest BCUT2D eigenvalue weighted by molar-refractivity contribution is 4.95. The normalized spacial score (nSPS) is 37.4. The summed E-state index contributed by atoms with van der Waals surface area (Å²) in [5.74, 6) is 0. The predicted molar refractivity (Wildman–Crippen MR) is 54.5 cm³/mol. The molecule has 3 nitrogen and oxygen atoms in total. The van der Waals surface area contributed by atoms with E-state index in [1.165, 1.54) is 0 Å². The number of hydrogen-bond acceptors (Lipinski definition) is 3. The Bertz CT molecular complexity index is 151.